The van der Waals surface area contributed by atoms with Gasteiger partial charge < -0.3 is 14.8 Å². The van der Waals surface area contributed by atoms with Crippen LogP contribution in [0.1, 0.15) is 18.9 Å². The summed E-state index contributed by atoms with van der Waals surface area (Å²) in [5, 5.41) is 11.3. The van der Waals surface area contributed by atoms with Gasteiger partial charge in [-0.05, 0) is 36.8 Å². The normalized spacial score (nSPS) is 18.0. The van der Waals surface area contributed by atoms with Gasteiger partial charge in [-0.3, -0.25) is 5.10 Å². The van der Waals surface area contributed by atoms with Crippen molar-refractivity contribution in [3.05, 3.63) is 48.0 Å². The molecule has 6 nitrogen and oxygen atoms in total. The van der Waals surface area contributed by atoms with Crippen LogP contribution in [-0.2, 0) is 11.3 Å². The van der Waals surface area contributed by atoms with Crippen LogP contribution in [0.25, 0.3) is 22.2 Å². The maximum atomic E-state index is 11.8. The van der Waals surface area contributed by atoms with Crippen LogP contribution in [0.15, 0.2) is 42.5 Å². The molecule has 4 rings (SSSR count). The monoisotopic (exact) mass is 337 g/mol. The number of fused-ring (bicyclic) bond motifs is 4. The number of ether oxygens (including phenoxy) is 2. The Morgan fingerprint density at radius 3 is 3.04 bits per heavy atom. The number of cyclic esters (lactones) is 1. The maximum Gasteiger partial charge on any atom is 0.407 e. The first-order chi connectivity index (χ1) is 12.2. The van der Waals surface area contributed by atoms with Crippen molar-refractivity contribution in [2.45, 2.75) is 26.1 Å². The van der Waals surface area contributed by atoms with E-state index in [-0.39, 0.29) is 12.7 Å². The van der Waals surface area contributed by atoms with Crippen molar-refractivity contribution in [1.82, 2.24) is 15.5 Å². The molecule has 0 aliphatic carbocycles. The summed E-state index contributed by atoms with van der Waals surface area (Å²) in [6.45, 7) is 2.70. The lowest BCUT2D eigenvalue weighted by molar-refractivity contribution is 0.137. The van der Waals surface area contributed by atoms with Crippen LogP contribution in [0.3, 0.4) is 0 Å². The molecule has 0 fully saturated rings. The number of hydrogen-bond acceptors (Lipinski definition) is 4. The highest BCUT2D eigenvalue weighted by Crippen LogP contribution is 2.30. The second-order valence-electron chi connectivity index (χ2n) is 6.20. The van der Waals surface area contributed by atoms with E-state index in [4.69, 9.17) is 9.47 Å². The minimum absolute atomic E-state index is 0.0284. The SMILES string of the molecule is C[C@H]1CCNC(=O)OCc2cccc(c2)-c2n[nH]c3ccc(cc23)O1. The summed E-state index contributed by atoms with van der Waals surface area (Å²) in [6.07, 6.45) is 0.244. The lowest BCUT2D eigenvalue weighted by atomic mass is 10.1. The molecule has 25 heavy (non-hydrogen) atoms. The number of carbonyl (C=O) groups is 1. The van der Waals surface area contributed by atoms with Crippen LogP contribution in [0.2, 0.25) is 0 Å². The van der Waals surface area contributed by atoms with Gasteiger partial charge in [0.1, 0.15) is 18.1 Å². The van der Waals surface area contributed by atoms with Gasteiger partial charge in [-0.15, -0.1) is 0 Å². The molecule has 6 heteroatoms. The lowest BCUT2D eigenvalue weighted by Crippen LogP contribution is -2.28. The molecule has 0 saturated carbocycles. The summed E-state index contributed by atoms with van der Waals surface area (Å²) >= 11 is 0. The molecule has 4 bridgehead atoms. The van der Waals surface area contributed by atoms with E-state index in [1.54, 1.807) is 0 Å². The highest BCUT2D eigenvalue weighted by atomic mass is 16.5. The molecule has 3 aromatic rings. The summed E-state index contributed by atoms with van der Waals surface area (Å²) in [7, 11) is 0. The molecule has 1 aliphatic rings. The molecule has 0 saturated heterocycles. The van der Waals surface area contributed by atoms with Crippen molar-refractivity contribution in [2.75, 3.05) is 6.54 Å². The summed E-state index contributed by atoms with van der Waals surface area (Å²) in [6, 6.07) is 13.8. The van der Waals surface area contributed by atoms with Gasteiger partial charge in [-0.1, -0.05) is 18.2 Å². The van der Waals surface area contributed by atoms with Gasteiger partial charge in [0.05, 0.1) is 11.6 Å². The fourth-order valence-corrected chi connectivity index (χ4v) is 2.96. The van der Waals surface area contributed by atoms with Crippen LogP contribution in [0.5, 0.6) is 5.75 Å². The standard InChI is InChI=1S/C19H19N3O3/c1-12-7-8-20-19(23)24-11-13-3-2-4-14(9-13)18-16-10-15(25-12)5-6-17(16)21-22-18/h2-6,9-10,12H,7-8,11H2,1H3,(H,20,23)(H,21,22)/t12-/m0/s1. The zero-order valence-electron chi connectivity index (χ0n) is 13.9. The third-order valence-corrected chi connectivity index (χ3v) is 4.26. The number of rotatable bonds is 0. The zero-order valence-corrected chi connectivity index (χ0v) is 13.9. The van der Waals surface area contributed by atoms with E-state index in [1.165, 1.54) is 0 Å². The molecule has 1 amide bonds. The molecular formula is C19H19N3O3. The van der Waals surface area contributed by atoms with E-state index in [9.17, 15) is 4.79 Å². The maximum absolute atomic E-state index is 11.8. The van der Waals surface area contributed by atoms with E-state index in [2.05, 4.69) is 15.5 Å². The van der Waals surface area contributed by atoms with Gasteiger partial charge in [-0.25, -0.2) is 4.79 Å². The lowest BCUT2D eigenvalue weighted by Gasteiger charge is -2.15. The van der Waals surface area contributed by atoms with Crippen LogP contribution in [0, 0.1) is 0 Å². The molecule has 128 valence electrons. The Hall–Kier alpha value is -3.02. The van der Waals surface area contributed by atoms with Crippen molar-refractivity contribution in [2.24, 2.45) is 0 Å². The fourth-order valence-electron chi connectivity index (χ4n) is 2.96. The molecule has 1 aliphatic heterocycles. The van der Waals surface area contributed by atoms with Gasteiger partial charge in [0.15, 0.2) is 0 Å². The minimum Gasteiger partial charge on any atom is -0.491 e. The highest BCUT2D eigenvalue weighted by molar-refractivity contribution is 5.93. The number of hydrogen-bond donors (Lipinski definition) is 2. The van der Waals surface area contributed by atoms with Crippen molar-refractivity contribution in [1.29, 1.82) is 0 Å². The first-order valence-electron chi connectivity index (χ1n) is 8.34. The first-order valence-corrected chi connectivity index (χ1v) is 8.34. The molecule has 0 unspecified atom stereocenters. The Balaban J connectivity index is 1.79. The van der Waals surface area contributed by atoms with Crippen LogP contribution in [0.4, 0.5) is 4.79 Å². The minimum atomic E-state index is -0.421. The predicted molar refractivity (Wildman–Crippen MR) is 94.4 cm³/mol. The Bertz CT molecular complexity index is 919. The predicted octanol–water partition coefficient (Wildman–Crippen LogP) is 3.63. The van der Waals surface area contributed by atoms with E-state index >= 15 is 0 Å². The number of nitrogens with zero attached hydrogens (tertiary/aromatic N) is 1. The van der Waals surface area contributed by atoms with Crippen molar-refractivity contribution >= 4 is 17.0 Å². The van der Waals surface area contributed by atoms with Crippen molar-refractivity contribution in [3.8, 4) is 17.0 Å². The van der Waals surface area contributed by atoms with Gasteiger partial charge in [0.2, 0.25) is 0 Å². The van der Waals surface area contributed by atoms with E-state index in [1.807, 2.05) is 49.4 Å². The topological polar surface area (TPSA) is 76.2 Å². The largest absolute Gasteiger partial charge is 0.491 e. The average molecular weight is 337 g/mol. The smallest absolute Gasteiger partial charge is 0.407 e. The number of H-pyrrole nitrogens is 1. The van der Waals surface area contributed by atoms with E-state index < -0.39 is 6.09 Å². The number of aromatic nitrogens is 2. The molecule has 1 atom stereocenters. The van der Waals surface area contributed by atoms with Crippen LogP contribution < -0.4 is 10.1 Å². The molecule has 2 aromatic carbocycles. The molecular weight excluding hydrogens is 318 g/mol. The second kappa shape index (κ2) is 6.47. The summed E-state index contributed by atoms with van der Waals surface area (Å²) in [5.74, 6) is 0.788. The number of alkyl carbamates (subject to hydrolysis) is 1. The number of amides is 1. The molecule has 0 spiro atoms. The van der Waals surface area contributed by atoms with Gasteiger partial charge in [-0.2, -0.15) is 5.10 Å². The van der Waals surface area contributed by atoms with Gasteiger partial charge in [0, 0.05) is 23.9 Å². The molecule has 0 radical (unpaired) electrons. The van der Waals surface area contributed by atoms with Crippen LogP contribution >= 0.6 is 0 Å². The van der Waals surface area contributed by atoms with Crippen molar-refractivity contribution < 1.29 is 14.3 Å². The summed E-state index contributed by atoms with van der Waals surface area (Å²) in [5.41, 5.74) is 3.69. The number of nitrogens with one attached hydrogen (secondary N) is 2. The Morgan fingerprint density at radius 2 is 2.12 bits per heavy atom. The average Bonchev–Trinajstić information content (AvgIpc) is 3.03. The quantitative estimate of drug-likeness (QED) is 0.657. The summed E-state index contributed by atoms with van der Waals surface area (Å²) < 4.78 is 11.3. The van der Waals surface area contributed by atoms with Gasteiger partial charge in [0.25, 0.3) is 0 Å². The zero-order chi connectivity index (χ0) is 17.2. The number of benzene rings is 2. The van der Waals surface area contributed by atoms with E-state index in [0.29, 0.717) is 13.0 Å². The Kier molecular flexibility index (Phi) is 4.01. The van der Waals surface area contributed by atoms with Crippen LogP contribution in [-0.4, -0.2) is 28.9 Å². The highest BCUT2D eigenvalue weighted by Gasteiger charge is 2.13. The van der Waals surface area contributed by atoms with Crippen molar-refractivity contribution in [3.63, 3.8) is 0 Å². The molecule has 2 heterocycles. The number of aromatic amines is 1. The summed E-state index contributed by atoms with van der Waals surface area (Å²) in [4.78, 5) is 11.8. The molecule has 1 aromatic heterocycles. The Morgan fingerprint density at radius 1 is 1.20 bits per heavy atom. The molecule has 2 N–H and O–H groups in total. The Labute approximate surface area is 145 Å². The third kappa shape index (κ3) is 3.28. The second-order valence-corrected chi connectivity index (χ2v) is 6.20. The fraction of sp³-hybridized carbons (Fsp3) is 0.263. The number of carbonyl (C=O) groups excluding carboxylic acids is 1. The van der Waals surface area contributed by atoms with Gasteiger partial charge >= 0.3 is 6.09 Å². The first kappa shape index (κ1) is 15.5. The third-order valence-electron chi connectivity index (χ3n) is 4.26. The van der Waals surface area contributed by atoms with E-state index in [0.717, 1.165) is 33.5 Å².